The summed E-state index contributed by atoms with van der Waals surface area (Å²) in [5, 5.41) is 5.70. The lowest BCUT2D eigenvalue weighted by Crippen LogP contribution is -2.47. The molecule has 0 aliphatic rings. The van der Waals surface area contributed by atoms with Crippen LogP contribution < -0.4 is 24.8 Å². The van der Waals surface area contributed by atoms with Crippen molar-refractivity contribution in [3.63, 3.8) is 0 Å². The van der Waals surface area contributed by atoms with Gasteiger partial charge in [-0.3, -0.25) is 9.59 Å². The molecule has 1 atom stereocenters. The molecule has 1 unspecified atom stereocenters. The topological polar surface area (TPSA) is 89.1 Å². The monoisotopic (exact) mass is 471 g/mol. The van der Waals surface area contributed by atoms with E-state index in [1.807, 2.05) is 26.0 Å². The number of anilines is 1. The van der Waals surface area contributed by atoms with Gasteiger partial charge in [0.1, 0.15) is 29.9 Å². The molecule has 8 heteroatoms. The normalized spacial score (nSPS) is 11.8. The third-order valence-corrected chi connectivity index (χ3v) is 5.54. The van der Waals surface area contributed by atoms with Gasteiger partial charge >= 0.3 is 0 Å². The van der Waals surface area contributed by atoms with E-state index >= 15 is 0 Å². The lowest BCUT2D eigenvalue weighted by Gasteiger charge is -2.22. The minimum atomic E-state index is -0.727. The number of hydrogen-bond donors (Lipinski definition) is 2. The van der Waals surface area contributed by atoms with E-state index in [4.69, 9.17) is 14.2 Å². The van der Waals surface area contributed by atoms with Gasteiger partial charge in [0.05, 0.1) is 14.2 Å². The van der Waals surface area contributed by atoms with Gasteiger partial charge in [0.25, 0.3) is 5.91 Å². The summed E-state index contributed by atoms with van der Waals surface area (Å²) in [7, 11) is 3.03. The Hall–Kier alpha value is -3.26. The van der Waals surface area contributed by atoms with Crippen molar-refractivity contribution < 1.29 is 23.8 Å². The number of likely N-dealkylation sites (N-methyl/N-ethyl adjacent to an activating group) is 1. The quantitative estimate of drug-likeness (QED) is 0.462. The minimum Gasteiger partial charge on any atom is -0.497 e. The second-order valence-electron chi connectivity index (χ2n) is 8.19. The summed E-state index contributed by atoms with van der Waals surface area (Å²) >= 11 is 0. The molecule has 2 N–H and O–H groups in total. The highest BCUT2D eigenvalue weighted by Gasteiger charge is 2.25. The Balaban J connectivity index is 2.00. The second-order valence-corrected chi connectivity index (χ2v) is 8.19. The van der Waals surface area contributed by atoms with Gasteiger partial charge in [0.15, 0.2) is 0 Å². The van der Waals surface area contributed by atoms with E-state index in [0.29, 0.717) is 29.4 Å². The number of benzene rings is 2. The number of amides is 2. The van der Waals surface area contributed by atoms with Crippen LogP contribution >= 0.6 is 0 Å². The molecule has 0 aliphatic carbocycles. The van der Waals surface area contributed by atoms with Crippen molar-refractivity contribution in [2.45, 2.75) is 33.7 Å². The number of rotatable bonds is 13. The maximum Gasteiger partial charge on any atom is 0.252 e. The van der Waals surface area contributed by atoms with E-state index in [1.165, 1.54) is 14.2 Å². The summed E-state index contributed by atoms with van der Waals surface area (Å²) in [5.41, 5.74) is 0.977. The van der Waals surface area contributed by atoms with Crippen LogP contribution in [0.5, 0.6) is 17.2 Å². The Morgan fingerprint density at radius 2 is 1.50 bits per heavy atom. The second kappa shape index (κ2) is 13.4. The van der Waals surface area contributed by atoms with E-state index in [0.717, 1.165) is 25.4 Å². The lowest BCUT2D eigenvalue weighted by molar-refractivity contribution is -0.118. The van der Waals surface area contributed by atoms with Crippen LogP contribution in [-0.4, -0.2) is 63.2 Å². The Labute approximate surface area is 202 Å². The summed E-state index contributed by atoms with van der Waals surface area (Å²) in [5.74, 6) is 0.922. The molecule has 186 valence electrons. The average molecular weight is 472 g/mol. The Morgan fingerprint density at radius 1 is 0.912 bits per heavy atom. The molecule has 0 spiro atoms. The fraction of sp³-hybridized carbons (Fsp3) is 0.462. The van der Waals surface area contributed by atoms with Gasteiger partial charge in [-0.2, -0.15) is 0 Å². The van der Waals surface area contributed by atoms with E-state index in [9.17, 15) is 9.59 Å². The molecule has 0 radical (unpaired) electrons. The number of nitrogens with one attached hydrogen (secondary N) is 2. The maximum atomic E-state index is 13.0. The predicted octanol–water partition coefficient (Wildman–Crippen LogP) is 3.82. The standard InChI is InChI=1S/C26H37N3O5/c1-7-29(8-2)13-14-34-21-11-9-20(10-12-21)27-26(31)24(18(3)4)28-25(30)19-15-22(32-5)17-23(16-19)33-6/h9-12,15-18,24H,7-8,13-14H2,1-6H3,(H,27,31)(H,28,30). The molecule has 0 aromatic heterocycles. The summed E-state index contributed by atoms with van der Waals surface area (Å²) in [6, 6.07) is 11.4. The van der Waals surface area contributed by atoms with E-state index in [-0.39, 0.29) is 17.7 Å². The highest BCUT2D eigenvalue weighted by molar-refractivity contribution is 6.01. The van der Waals surface area contributed by atoms with Gasteiger partial charge in [-0.15, -0.1) is 0 Å². The summed E-state index contributed by atoms with van der Waals surface area (Å²) in [4.78, 5) is 28.1. The van der Waals surface area contributed by atoms with Crippen molar-refractivity contribution in [3.05, 3.63) is 48.0 Å². The molecule has 0 fully saturated rings. The van der Waals surface area contributed by atoms with Crippen LogP contribution in [0.1, 0.15) is 38.1 Å². The zero-order chi connectivity index (χ0) is 25.1. The lowest BCUT2D eigenvalue weighted by atomic mass is 10.0. The average Bonchev–Trinajstić information content (AvgIpc) is 2.85. The van der Waals surface area contributed by atoms with Crippen LogP contribution in [0.25, 0.3) is 0 Å². The van der Waals surface area contributed by atoms with Gasteiger partial charge < -0.3 is 29.7 Å². The Kier molecular flexibility index (Phi) is 10.7. The Morgan fingerprint density at radius 3 is 2.00 bits per heavy atom. The van der Waals surface area contributed by atoms with E-state index < -0.39 is 6.04 Å². The first kappa shape index (κ1) is 27.0. The smallest absolute Gasteiger partial charge is 0.252 e. The number of nitrogens with zero attached hydrogens (tertiary/aromatic N) is 1. The molecule has 8 nitrogen and oxygen atoms in total. The van der Waals surface area contributed by atoms with Crippen LogP contribution in [0.2, 0.25) is 0 Å². The van der Waals surface area contributed by atoms with Gasteiger partial charge in [-0.05, 0) is 55.4 Å². The highest BCUT2D eigenvalue weighted by atomic mass is 16.5. The molecule has 0 saturated heterocycles. The molecule has 2 aromatic rings. The van der Waals surface area contributed by atoms with Crippen LogP contribution in [0.15, 0.2) is 42.5 Å². The largest absolute Gasteiger partial charge is 0.497 e. The fourth-order valence-corrected chi connectivity index (χ4v) is 3.38. The van der Waals surface area contributed by atoms with E-state index in [1.54, 1.807) is 30.3 Å². The third-order valence-electron chi connectivity index (χ3n) is 5.54. The molecular weight excluding hydrogens is 434 g/mol. The molecule has 0 aliphatic heterocycles. The summed E-state index contributed by atoms with van der Waals surface area (Å²) in [6.45, 7) is 11.5. The van der Waals surface area contributed by atoms with Gasteiger partial charge in [-0.25, -0.2) is 0 Å². The molecule has 0 bridgehead atoms. The first-order valence-corrected chi connectivity index (χ1v) is 11.6. The number of carbonyl (C=O) groups excluding carboxylic acids is 2. The first-order valence-electron chi connectivity index (χ1n) is 11.6. The summed E-state index contributed by atoms with van der Waals surface area (Å²) < 4.78 is 16.3. The third kappa shape index (κ3) is 7.95. The number of ether oxygens (including phenoxy) is 3. The van der Waals surface area contributed by atoms with E-state index in [2.05, 4.69) is 29.4 Å². The van der Waals surface area contributed by atoms with Gasteiger partial charge in [0.2, 0.25) is 5.91 Å². The zero-order valence-electron chi connectivity index (χ0n) is 21.0. The fourth-order valence-electron chi connectivity index (χ4n) is 3.38. The van der Waals surface area contributed by atoms with Crippen molar-refractivity contribution in [2.75, 3.05) is 45.8 Å². The van der Waals surface area contributed by atoms with Crippen molar-refractivity contribution in [3.8, 4) is 17.2 Å². The zero-order valence-corrected chi connectivity index (χ0v) is 21.0. The maximum absolute atomic E-state index is 13.0. The van der Waals surface area contributed by atoms with Gasteiger partial charge in [0, 0.05) is 23.9 Å². The van der Waals surface area contributed by atoms with Crippen molar-refractivity contribution in [1.82, 2.24) is 10.2 Å². The number of carbonyl (C=O) groups is 2. The molecule has 34 heavy (non-hydrogen) atoms. The molecule has 2 amide bonds. The SMILES string of the molecule is CCN(CC)CCOc1ccc(NC(=O)C(NC(=O)c2cc(OC)cc(OC)c2)C(C)C)cc1. The molecular formula is C26H37N3O5. The van der Waals surface area contributed by atoms with Crippen molar-refractivity contribution in [2.24, 2.45) is 5.92 Å². The molecule has 0 heterocycles. The summed E-state index contributed by atoms with van der Waals surface area (Å²) in [6.07, 6.45) is 0. The number of methoxy groups -OCH3 is 2. The van der Waals surface area contributed by atoms with Crippen molar-refractivity contribution >= 4 is 17.5 Å². The first-order chi connectivity index (χ1) is 16.3. The van der Waals surface area contributed by atoms with Crippen LogP contribution in [-0.2, 0) is 4.79 Å². The predicted molar refractivity (Wildman–Crippen MR) is 134 cm³/mol. The molecule has 2 rings (SSSR count). The Bertz CT molecular complexity index is 904. The van der Waals surface area contributed by atoms with Crippen LogP contribution in [0, 0.1) is 5.92 Å². The molecule has 0 saturated carbocycles. The number of hydrogen-bond acceptors (Lipinski definition) is 6. The van der Waals surface area contributed by atoms with Crippen LogP contribution in [0.3, 0.4) is 0 Å². The van der Waals surface area contributed by atoms with Crippen molar-refractivity contribution in [1.29, 1.82) is 0 Å². The van der Waals surface area contributed by atoms with Gasteiger partial charge in [-0.1, -0.05) is 27.7 Å². The minimum absolute atomic E-state index is 0.126. The molecule has 2 aromatic carbocycles. The van der Waals surface area contributed by atoms with Crippen LogP contribution in [0.4, 0.5) is 5.69 Å². The highest BCUT2D eigenvalue weighted by Crippen LogP contribution is 2.23.